The van der Waals surface area contributed by atoms with Gasteiger partial charge in [-0.1, -0.05) is 0 Å². The third kappa shape index (κ3) is 1.43. The number of anilines is 1. The molecule has 1 aliphatic rings. The quantitative estimate of drug-likeness (QED) is 0.662. The van der Waals surface area contributed by atoms with E-state index in [1.807, 2.05) is 6.07 Å². The molecular formula is C11H18NOP. The second-order valence-electron chi connectivity index (χ2n) is 4.96. The van der Waals surface area contributed by atoms with E-state index in [1.165, 1.54) is 5.69 Å². The normalized spacial score (nSPS) is 31.3. The van der Waals surface area contributed by atoms with E-state index in [1.54, 1.807) is 0 Å². The summed E-state index contributed by atoms with van der Waals surface area (Å²) >= 11 is 0. The number of hydrogen-bond acceptors (Lipinski definition) is 2. The number of hydrogen-bond donors (Lipinski definition) is 0. The van der Waals surface area contributed by atoms with Crippen LogP contribution in [0.15, 0.2) is 30.3 Å². The molecule has 1 atom stereocenters. The van der Waals surface area contributed by atoms with Crippen LogP contribution < -0.4 is 4.67 Å². The van der Waals surface area contributed by atoms with Crippen LogP contribution in [0.2, 0.25) is 0 Å². The Morgan fingerprint density at radius 3 is 2.14 bits per heavy atom. The molecular weight excluding hydrogens is 193 g/mol. The summed E-state index contributed by atoms with van der Waals surface area (Å²) in [5, 5.41) is 0. The van der Waals surface area contributed by atoms with E-state index < -0.39 is 6.98 Å². The van der Waals surface area contributed by atoms with Gasteiger partial charge in [0.05, 0.1) is 0 Å². The second-order valence-corrected chi connectivity index (χ2v) is 10.7. The second kappa shape index (κ2) is 2.71. The topological polar surface area (TPSA) is 12.5 Å². The molecule has 0 aliphatic carbocycles. The molecule has 2 nitrogen and oxygen atoms in total. The van der Waals surface area contributed by atoms with Crippen LogP contribution in [0.25, 0.3) is 0 Å². The first-order valence-electron chi connectivity index (χ1n) is 4.93. The minimum atomic E-state index is -2.02. The van der Waals surface area contributed by atoms with Crippen molar-refractivity contribution in [3.63, 3.8) is 0 Å². The van der Waals surface area contributed by atoms with Crippen LogP contribution in [0.4, 0.5) is 5.69 Å². The standard InChI is InChI=1S/C11H18NOP/c1-10-12(14(2,3,4)13-10)11-8-6-5-7-9-11/h5-10H,1-4H3. The van der Waals surface area contributed by atoms with Crippen molar-refractivity contribution in [3.05, 3.63) is 30.3 Å². The summed E-state index contributed by atoms with van der Waals surface area (Å²) in [5.41, 5.74) is 1.27. The van der Waals surface area contributed by atoms with Gasteiger partial charge in [-0.2, -0.15) is 0 Å². The predicted molar refractivity (Wildman–Crippen MR) is 64.2 cm³/mol. The van der Waals surface area contributed by atoms with Crippen LogP contribution in [-0.2, 0) is 4.52 Å². The molecule has 1 unspecified atom stereocenters. The molecule has 1 aromatic carbocycles. The molecule has 1 heterocycles. The number of rotatable bonds is 1. The van der Waals surface area contributed by atoms with E-state index in [0.29, 0.717) is 0 Å². The van der Waals surface area contributed by atoms with Crippen molar-refractivity contribution in [1.29, 1.82) is 0 Å². The zero-order chi connectivity index (χ0) is 10.4. The Labute approximate surface area is 85.9 Å². The SMILES string of the molecule is CC1OP(C)(C)(C)N1c1ccccc1. The van der Waals surface area contributed by atoms with Crippen LogP contribution in [0, 0.1) is 0 Å². The van der Waals surface area contributed by atoms with E-state index in [0.717, 1.165) is 0 Å². The summed E-state index contributed by atoms with van der Waals surface area (Å²) < 4.78 is 8.36. The van der Waals surface area contributed by atoms with Crippen LogP contribution in [0.1, 0.15) is 6.92 Å². The first-order chi connectivity index (χ1) is 6.38. The summed E-state index contributed by atoms with van der Waals surface area (Å²) in [5.74, 6) is 0. The minimum absolute atomic E-state index is 0.218. The molecule has 3 heteroatoms. The van der Waals surface area contributed by atoms with Gasteiger partial charge in [0, 0.05) is 0 Å². The fourth-order valence-corrected chi connectivity index (χ4v) is 5.51. The first kappa shape index (κ1) is 9.95. The molecule has 0 radical (unpaired) electrons. The summed E-state index contributed by atoms with van der Waals surface area (Å²) in [6, 6.07) is 10.5. The third-order valence-corrected chi connectivity index (χ3v) is 5.67. The van der Waals surface area contributed by atoms with Crippen molar-refractivity contribution in [2.45, 2.75) is 13.2 Å². The van der Waals surface area contributed by atoms with Crippen LogP contribution >= 0.6 is 6.98 Å². The van der Waals surface area contributed by atoms with E-state index >= 15 is 0 Å². The average Bonchev–Trinajstić information content (AvgIpc) is 2.02. The van der Waals surface area contributed by atoms with Gasteiger partial charge >= 0.3 is 85.3 Å². The van der Waals surface area contributed by atoms with Crippen molar-refractivity contribution >= 4 is 12.7 Å². The Hall–Kier alpha value is -0.590. The molecule has 0 bridgehead atoms. The Kier molecular flexibility index (Phi) is 1.93. The summed E-state index contributed by atoms with van der Waals surface area (Å²) in [7, 11) is 0. The van der Waals surface area contributed by atoms with Crippen LogP contribution in [-0.4, -0.2) is 26.2 Å². The fourth-order valence-electron chi connectivity index (χ4n) is 2.32. The van der Waals surface area contributed by atoms with E-state index in [2.05, 4.69) is 55.9 Å². The number of nitrogens with zero attached hydrogens (tertiary/aromatic N) is 1. The zero-order valence-electron chi connectivity index (χ0n) is 9.27. The molecule has 1 aromatic rings. The molecule has 1 fully saturated rings. The third-order valence-electron chi connectivity index (χ3n) is 2.62. The van der Waals surface area contributed by atoms with Gasteiger partial charge < -0.3 is 0 Å². The summed E-state index contributed by atoms with van der Waals surface area (Å²) in [6.45, 7) is 6.79. The van der Waals surface area contributed by atoms with Crippen molar-refractivity contribution in [3.8, 4) is 0 Å². The molecule has 1 saturated heterocycles. The molecule has 0 aromatic heterocycles. The number of benzene rings is 1. The van der Waals surface area contributed by atoms with Gasteiger partial charge in [-0.05, 0) is 0 Å². The van der Waals surface area contributed by atoms with Crippen molar-refractivity contribution in [1.82, 2.24) is 0 Å². The fraction of sp³-hybridized carbons (Fsp3) is 0.455. The van der Waals surface area contributed by atoms with E-state index in [9.17, 15) is 0 Å². The molecule has 1 aliphatic heterocycles. The van der Waals surface area contributed by atoms with E-state index in [-0.39, 0.29) is 6.23 Å². The average molecular weight is 211 g/mol. The van der Waals surface area contributed by atoms with Crippen molar-refractivity contribution in [2.75, 3.05) is 24.7 Å². The summed E-state index contributed by atoms with van der Waals surface area (Å²) in [6.07, 6.45) is 0.218. The molecule has 0 spiro atoms. The van der Waals surface area contributed by atoms with E-state index in [4.69, 9.17) is 4.52 Å². The van der Waals surface area contributed by atoms with Gasteiger partial charge in [-0.25, -0.2) is 0 Å². The monoisotopic (exact) mass is 211 g/mol. The maximum absolute atomic E-state index is 5.94. The van der Waals surface area contributed by atoms with Crippen LogP contribution in [0.3, 0.4) is 0 Å². The van der Waals surface area contributed by atoms with Gasteiger partial charge in [-0.3, -0.25) is 0 Å². The molecule has 78 valence electrons. The molecule has 0 saturated carbocycles. The summed E-state index contributed by atoms with van der Waals surface area (Å²) in [4.78, 5) is 0. The van der Waals surface area contributed by atoms with Gasteiger partial charge in [0.25, 0.3) is 0 Å². The molecule has 0 N–H and O–H groups in total. The van der Waals surface area contributed by atoms with Crippen molar-refractivity contribution in [2.24, 2.45) is 0 Å². The molecule has 14 heavy (non-hydrogen) atoms. The molecule has 2 rings (SSSR count). The first-order valence-corrected chi connectivity index (χ1v) is 8.38. The molecule has 0 amide bonds. The van der Waals surface area contributed by atoms with Gasteiger partial charge in [0.1, 0.15) is 0 Å². The maximum atomic E-state index is 5.94. The Bertz CT molecular complexity index is 341. The van der Waals surface area contributed by atoms with Gasteiger partial charge in [-0.15, -0.1) is 0 Å². The predicted octanol–water partition coefficient (Wildman–Crippen LogP) is 3.14. The Morgan fingerprint density at radius 1 is 1.14 bits per heavy atom. The Morgan fingerprint density at radius 2 is 1.71 bits per heavy atom. The van der Waals surface area contributed by atoms with Crippen LogP contribution in [0.5, 0.6) is 0 Å². The Balaban J connectivity index is 2.36. The van der Waals surface area contributed by atoms with Gasteiger partial charge in [0.2, 0.25) is 0 Å². The number of para-hydroxylation sites is 1. The van der Waals surface area contributed by atoms with Gasteiger partial charge in [0.15, 0.2) is 0 Å². The van der Waals surface area contributed by atoms with Crippen molar-refractivity contribution < 1.29 is 4.52 Å². The zero-order valence-corrected chi connectivity index (χ0v) is 10.2.